The maximum absolute atomic E-state index is 13.6. The van der Waals surface area contributed by atoms with Gasteiger partial charge in [0.2, 0.25) is 0 Å². The van der Waals surface area contributed by atoms with Crippen molar-refractivity contribution in [3.05, 3.63) is 111 Å². The highest BCUT2D eigenvalue weighted by Gasteiger charge is 2.36. The van der Waals surface area contributed by atoms with Gasteiger partial charge in [-0.2, -0.15) is 0 Å². The number of carbonyl (C=O) groups excluding carboxylic acids is 3. The van der Waals surface area contributed by atoms with Crippen molar-refractivity contribution in [2.24, 2.45) is 5.92 Å². The number of rotatable bonds is 9. The van der Waals surface area contributed by atoms with Crippen molar-refractivity contribution >= 4 is 40.1 Å². The second-order valence-electron chi connectivity index (χ2n) is 9.89. The Morgan fingerprint density at radius 3 is 2.21 bits per heavy atom. The van der Waals surface area contributed by atoms with Crippen molar-refractivity contribution in [2.75, 3.05) is 13.1 Å². The number of fused-ring (bicyclic) bond motifs is 2. The van der Waals surface area contributed by atoms with Crippen LogP contribution in [0, 0.1) is 5.92 Å². The molecule has 8 nitrogen and oxygen atoms in total. The number of benzene rings is 3. The molecular weight excluding hydrogens is 516 g/mol. The third-order valence-corrected chi connectivity index (χ3v) is 7.04. The van der Waals surface area contributed by atoms with E-state index in [9.17, 15) is 19.2 Å². The molecule has 1 atom stereocenters. The summed E-state index contributed by atoms with van der Waals surface area (Å²) >= 11 is 6.21. The van der Waals surface area contributed by atoms with Gasteiger partial charge in [-0.25, -0.2) is 4.98 Å². The second-order valence-corrected chi connectivity index (χ2v) is 10.3. The van der Waals surface area contributed by atoms with Crippen LogP contribution in [0.15, 0.2) is 77.6 Å². The van der Waals surface area contributed by atoms with Crippen LogP contribution < -0.4 is 10.9 Å². The quantitative estimate of drug-likeness (QED) is 0.317. The van der Waals surface area contributed by atoms with Gasteiger partial charge in [-0.1, -0.05) is 67.9 Å². The number of carbonyl (C=O) groups is 3. The molecule has 0 radical (unpaired) electrons. The Bertz CT molecular complexity index is 1610. The molecule has 0 saturated heterocycles. The van der Waals surface area contributed by atoms with Crippen LogP contribution in [-0.2, 0) is 11.3 Å². The molecule has 2 amide bonds. The first-order valence-corrected chi connectivity index (χ1v) is 13.1. The number of amides is 2. The van der Waals surface area contributed by atoms with Crippen LogP contribution in [0.25, 0.3) is 10.9 Å². The summed E-state index contributed by atoms with van der Waals surface area (Å²) in [5.74, 6) is -0.871. The van der Waals surface area contributed by atoms with Gasteiger partial charge >= 0.3 is 0 Å². The highest BCUT2D eigenvalue weighted by atomic mass is 35.5. The number of nitrogens with zero attached hydrogens (tertiary/aromatic N) is 3. The topological polar surface area (TPSA) is 101 Å². The predicted molar refractivity (Wildman–Crippen MR) is 149 cm³/mol. The van der Waals surface area contributed by atoms with Gasteiger partial charge in [-0.15, -0.1) is 0 Å². The van der Waals surface area contributed by atoms with E-state index in [1.165, 1.54) is 0 Å². The summed E-state index contributed by atoms with van der Waals surface area (Å²) < 4.78 is 1.62. The fourth-order valence-electron chi connectivity index (χ4n) is 4.83. The summed E-state index contributed by atoms with van der Waals surface area (Å²) in [6, 6.07) is 20.6. The Kier molecular flexibility index (Phi) is 7.41. The minimum absolute atomic E-state index is 0.0531. The van der Waals surface area contributed by atoms with E-state index in [1.807, 2.05) is 44.2 Å². The van der Waals surface area contributed by atoms with E-state index in [-0.39, 0.29) is 30.3 Å². The summed E-state index contributed by atoms with van der Waals surface area (Å²) in [7, 11) is 0. The normalized spacial score (nSPS) is 13.8. The SMILES string of the molecule is CC(C)[C@@H](NCC(=O)CN1C(=O)c2ccccc2C1=O)c1nc2cc(Cl)ccc2c(=O)n1Cc1ccccc1. The zero-order valence-electron chi connectivity index (χ0n) is 21.6. The molecular formula is C30H27ClN4O4. The fraction of sp³-hybridized carbons (Fsp3) is 0.233. The largest absolute Gasteiger partial charge is 0.300 e. The van der Waals surface area contributed by atoms with Gasteiger partial charge in [0.05, 0.1) is 47.7 Å². The number of hydrogen-bond donors (Lipinski definition) is 1. The van der Waals surface area contributed by atoms with Crippen LogP contribution in [0.3, 0.4) is 0 Å². The van der Waals surface area contributed by atoms with E-state index in [0.717, 1.165) is 10.5 Å². The number of ketones is 1. The molecule has 2 heterocycles. The lowest BCUT2D eigenvalue weighted by molar-refractivity contribution is -0.118. The van der Waals surface area contributed by atoms with Gasteiger partial charge in [0, 0.05) is 5.02 Å². The van der Waals surface area contributed by atoms with Crippen molar-refractivity contribution < 1.29 is 14.4 Å². The molecule has 4 aromatic rings. The van der Waals surface area contributed by atoms with Crippen LogP contribution in [0.1, 0.15) is 52.0 Å². The lowest BCUT2D eigenvalue weighted by atomic mass is 10.0. The molecule has 0 unspecified atom stereocenters. The average Bonchev–Trinajstić information content (AvgIpc) is 3.16. The van der Waals surface area contributed by atoms with Gasteiger partial charge in [-0.3, -0.25) is 28.6 Å². The smallest absolute Gasteiger partial charge is 0.261 e. The Hall–Kier alpha value is -4.14. The standard InChI is InChI=1S/C30H27ClN4O4/c1-18(2)26(32-15-21(36)17-35-28(37)22-10-6-7-11-23(22)29(35)38)27-33-25-14-20(31)12-13-24(25)30(39)34(27)16-19-8-4-3-5-9-19/h3-14,18,26,32H,15-17H2,1-2H3/t26-/m1/s1. The molecule has 39 heavy (non-hydrogen) atoms. The summed E-state index contributed by atoms with van der Waals surface area (Å²) in [5.41, 5.74) is 1.79. The molecule has 1 aliphatic rings. The molecule has 0 bridgehead atoms. The number of aromatic nitrogens is 2. The maximum Gasteiger partial charge on any atom is 0.261 e. The molecule has 1 aliphatic heterocycles. The fourth-order valence-corrected chi connectivity index (χ4v) is 5.00. The number of halogens is 1. The van der Waals surface area contributed by atoms with Crippen molar-refractivity contribution in [3.8, 4) is 0 Å². The lowest BCUT2D eigenvalue weighted by Gasteiger charge is -2.26. The summed E-state index contributed by atoms with van der Waals surface area (Å²) in [4.78, 5) is 57.8. The number of nitrogens with one attached hydrogen (secondary N) is 1. The zero-order chi connectivity index (χ0) is 27.7. The molecule has 0 aliphatic carbocycles. The molecule has 1 N–H and O–H groups in total. The molecule has 198 valence electrons. The summed E-state index contributed by atoms with van der Waals surface area (Å²) in [5, 5.41) is 4.15. The number of Topliss-reactive ketones (excluding diaryl/α,β-unsaturated/α-hetero) is 1. The highest BCUT2D eigenvalue weighted by molar-refractivity contribution is 6.31. The predicted octanol–water partition coefficient (Wildman–Crippen LogP) is 4.25. The zero-order valence-corrected chi connectivity index (χ0v) is 22.3. The molecule has 9 heteroatoms. The summed E-state index contributed by atoms with van der Waals surface area (Å²) in [6.45, 7) is 3.77. The van der Waals surface area contributed by atoms with Gasteiger partial charge in [0.25, 0.3) is 17.4 Å². The van der Waals surface area contributed by atoms with Crippen LogP contribution in [0.5, 0.6) is 0 Å². The monoisotopic (exact) mass is 542 g/mol. The van der Waals surface area contributed by atoms with E-state index in [1.54, 1.807) is 47.0 Å². The Balaban J connectivity index is 1.43. The molecule has 0 fully saturated rings. The molecule has 1 aromatic heterocycles. The maximum atomic E-state index is 13.6. The highest BCUT2D eigenvalue weighted by Crippen LogP contribution is 2.25. The first-order chi connectivity index (χ1) is 18.7. The van der Waals surface area contributed by atoms with Crippen molar-refractivity contribution in [1.29, 1.82) is 0 Å². The van der Waals surface area contributed by atoms with Crippen LogP contribution in [0.4, 0.5) is 0 Å². The molecule has 5 rings (SSSR count). The minimum atomic E-state index is -0.478. The van der Waals surface area contributed by atoms with Crippen LogP contribution >= 0.6 is 11.6 Å². The van der Waals surface area contributed by atoms with Crippen molar-refractivity contribution in [3.63, 3.8) is 0 Å². The number of hydrogen-bond acceptors (Lipinski definition) is 6. The first kappa shape index (κ1) is 26.5. The molecule has 0 saturated carbocycles. The van der Waals surface area contributed by atoms with Crippen molar-refractivity contribution in [2.45, 2.75) is 26.4 Å². The Morgan fingerprint density at radius 1 is 0.923 bits per heavy atom. The van der Waals surface area contributed by atoms with Gasteiger partial charge in [0.15, 0.2) is 5.78 Å². The van der Waals surface area contributed by atoms with Crippen LogP contribution in [-0.4, -0.2) is 45.1 Å². The van der Waals surface area contributed by atoms with E-state index in [2.05, 4.69) is 5.32 Å². The van der Waals surface area contributed by atoms with Crippen LogP contribution in [0.2, 0.25) is 5.02 Å². The minimum Gasteiger partial charge on any atom is -0.300 e. The average molecular weight is 543 g/mol. The van der Waals surface area contributed by atoms with E-state index >= 15 is 0 Å². The Labute approximate surface area is 230 Å². The van der Waals surface area contributed by atoms with Crippen molar-refractivity contribution in [1.82, 2.24) is 19.8 Å². The van der Waals surface area contributed by atoms with Gasteiger partial charge in [-0.05, 0) is 41.8 Å². The third kappa shape index (κ3) is 5.26. The van der Waals surface area contributed by atoms with E-state index in [0.29, 0.717) is 39.4 Å². The first-order valence-electron chi connectivity index (χ1n) is 12.7. The van der Waals surface area contributed by atoms with E-state index in [4.69, 9.17) is 16.6 Å². The molecule has 3 aromatic carbocycles. The Morgan fingerprint density at radius 2 is 1.56 bits per heavy atom. The lowest BCUT2D eigenvalue weighted by Crippen LogP contribution is -2.41. The summed E-state index contributed by atoms with van der Waals surface area (Å²) in [6.07, 6.45) is 0. The number of imide groups is 1. The van der Waals surface area contributed by atoms with Gasteiger partial charge in [0.1, 0.15) is 5.82 Å². The molecule has 0 spiro atoms. The third-order valence-electron chi connectivity index (χ3n) is 6.81. The van der Waals surface area contributed by atoms with Gasteiger partial charge < -0.3 is 5.32 Å². The van der Waals surface area contributed by atoms with E-state index < -0.39 is 17.9 Å². The second kappa shape index (κ2) is 10.9.